The van der Waals surface area contributed by atoms with Gasteiger partial charge in [-0.05, 0) is 86.4 Å². The highest BCUT2D eigenvalue weighted by Gasteiger charge is 2.43. The zero-order chi connectivity index (χ0) is 22.2. The summed E-state index contributed by atoms with van der Waals surface area (Å²) in [5.41, 5.74) is 3.09. The Morgan fingerprint density at radius 1 is 1.25 bits per heavy atom. The summed E-state index contributed by atoms with van der Waals surface area (Å²) in [5, 5.41) is 15.1. The first-order valence-electron chi connectivity index (χ1n) is 11.5. The molecule has 3 aromatic rings. The molecule has 2 aliphatic rings. The van der Waals surface area contributed by atoms with Crippen LogP contribution in [0.4, 0.5) is 5.69 Å². The van der Waals surface area contributed by atoms with Crippen molar-refractivity contribution in [2.45, 2.75) is 57.7 Å². The molecule has 4 atom stereocenters. The monoisotopic (exact) mass is 466 g/mol. The van der Waals surface area contributed by atoms with Crippen molar-refractivity contribution in [2.24, 2.45) is 17.8 Å². The Hall–Kier alpha value is -2.12. The number of hydrogen-bond acceptors (Lipinski definition) is 5. The molecule has 168 valence electrons. The van der Waals surface area contributed by atoms with Gasteiger partial charge in [0.25, 0.3) is 0 Å². The van der Waals surface area contributed by atoms with Crippen molar-refractivity contribution in [3.05, 3.63) is 46.8 Å². The van der Waals surface area contributed by atoms with Crippen LogP contribution >= 0.6 is 23.1 Å². The molecule has 2 bridgehead atoms. The number of rotatable bonds is 7. The highest BCUT2D eigenvalue weighted by molar-refractivity contribution is 7.99. The molecule has 0 spiro atoms. The number of carbonyl (C=O) groups is 1. The van der Waals surface area contributed by atoms with Gasteiger partial charge in [-0.25, -0.2) is 0 Å². The van der Waals surface area contributed by atoms with E-state index in [0.717, 1.165) is 44.5 Å². The summed E-state index contributed by atoms with van der Waals surface area (Å²) in [6, 6.07) is 10.6. The number of fused-ring (bicyclic) bond motifs is 2. The first-order valence-corrected chi connectivity index (χ1v) is 13.3. The van der Waals surface area contributed by atoms with Crippen LogP contribution in [0.3, 0.4) is 0 Å². The fourth-order valence-corrected chi connectivity index (χ4v) is 7.11. The maximum absolute atomic E-state index is 12.7. The van der Waals surface area contributed by atoms with E-state index in [1.807, 2.05) is 26.0 Å². The summed E-state index contributed by atoms with van der Waals surface area (Å²) in [7, 11) is 0. The van der Waals surface area contributed by atoms with Crippen LogP contribution in [-0.2, 0) is 4.79 Å². The maximum Gasteiger partial charge on any atom is 0.234 e. The number of anilines is 1. The van der Waals surface area contributed by atoms with Crippen molar-refractivity contribution >= 4 is 34.7 Å². The molecule has 0 saturated heterocycles. The van der Waals surface area contributed by atoms with Gasteiger partial charge in [-0.1, -0.05) is 36.4 Å². The molecular formula is C25H30N4OS2. The van der Waals surface area contributed by atoms with Gasteiger partial charge in [-0.15, -0.1) is 21.5 Å². The smallest absolute Gasteiger partial charge is 0.234 e. The summed E-state index contributed by atoms with van der Waals surface area (Å²) >= 11 is 3.19. The minimum absolute atomic E-state index is 0.0106. The zero-order valence-electron chi connectivity index (χ0n) is 18.9. The topological polar surface area (TPSA) is 59.8 Å². The lowest BCUT2D eigenvalue weighted by atomic mass is 9.84. The Kier molecular flexibility index (Phi) is 6.12. The van der Waals surface area contributed by atoms with E-state index in [2.05, 4.69) is 50.6 Å². The fraction of sp³-hybridized carbons (Fsp3) is 0.480. The van der Waals surface area contributed by atoms with Crippen molar-refractivity contribution in [1.29, 1.82) is 0 Å². The molecule has 1 N–H and O–H groups in total. The van der Waals surface area contributed by atoms with Crippen LogP contribution < -0.4 is 5.32 Å². The predicted octanol–water partition coefficient (Wildman–Crippen LogP) is 6.35. The van der Waals surface area contributed by atoms with E-state index in [-0.39, 0.29) is 5.91 Å². The summed E-state index contributed by atoms with van der Waals surface area (Å²) in [5.74, 6) is 3.63. The lowest BCUT2D eigenvalue weighted by molar-refractivity contribution is -0.113. The highest BCUT2D eigenvalue weighted by atomic mass is 32.2. The van der Waals surface area contributed by atoms with E-state index in [4.69, 9.17) is 0 Å². The number of thiophene rings is 1. The zero-order valence-corrected chi connectivity index (χ0v) is 20.5. The Labute approximate surface area is 198 Å². The van der Waals surface area contributed by atoms with Gasteiger partial charge in [-0.3, -0.25) is 9.36 Å². The highest BCUT2D eigenvalue weighted by Crippen LogP contribution is 2.53. The van der Waals surface area contributed by atoms with E-state index in [9.17, 15) is 4.79 Å². The third kappa shape index (κ3) is 4.25. The summed E-state index contributed by atoms with van der Waals surface area (Å²) < 4.78 is 2.31. The standard InChI is InChI=1S/C25H30N4OS2/c1-15-6-7-16(2)21(11-15)26-23(30)14-32-25-28-27-24(22-5-4-10-31-22)29(25)17(3)20-13-18-8-9-19(20)12-18/h4-7,10-11,17-20H,8-9,12-14H2,1-3H3,(H,26,30)/t17-,18-,19-,20+/m1/s1. The molecule has 1 aromatic carbocycles. The van der Waals surface area contributed by atoms with Crippen molar-refractivity contribution < 1.29 is 4.79 Å². The van der Waals surface area contributed by atoms with Crippen molar-refractivity contribution in [1.82, 2.24) is 14.8 Å². The number of aryl methyl sites for hydroxylation is 2. The number of carbonyl (C=O) groups excluding carboxylic acids is 1. The van der Waals surface area contributed by atoms with E-state index in [1.165, 1.54) is 37.4 Å². The second-order valence-corrected chi connectivity index (χ2v) is 11.3. The Bertz CT molecular complexity index is 1110. The Balaban J connectivity index is 1.35. The number of nitrogens with one attached hydrogen (secondary N) is 1. The number of hydrogen-bond donors (Lipinski definition) is 1. The molecule has 2 aliphatic carbocycles. The molecule has 5 rings (SSSR count). The van der Waals surface area contributed by atoms with E-state index in [0.29, 0.717) is 17.7 Å². The van der Waals surface area contributed by atoms with Gasteiger partial charge >= 0.3 is 0 Å². The quantitative estimate of drug-likeness (QED) is 0.412. The van der Waals surface area contributed by atoms with Crippen molar-refractivity contribution in [3.63, 3.8) is 0 Å². The molecule has 0 radical (unpaired) electrons. The van der Waals surface area contributed by atoms with E-state index < -0.39 is 0 Å². The lowest BCUT2D eigenvalue weighted by Crippen LogP contribution is -2.23. The van der Waals surface area contributed by atoms with Crippen molar-refractivity contribution in [3.8, 4) is 10.7 Å². The second kappa shape index (κ2) is 9.02. The van der Waals surface area contributed by atoms with Gasteiger partial charge in [0.1, 0.15) is 0 Å². The van der Waals surface area contributed by atoms with Crippen LogP contribution in [-0.4, -0.2) is 26.4 Å². The van der Waals surface area contributed by atoms with Gasteiger partial charge in [-0.2, -0.15) is 0 Å². The molecule has 2 heterocycles. The fourth-order valence-electron chi connectivity index (χ4n) is 5.58. The molecule has 5 nitrogen and oxygen atoms in total. The molecule has 2 aromatic heterocycles. The number of thioether (sulfide) groups is 1. The van der Waals surface area contributed by atoms with Gasteiger partial charge < -0.3 is 5.32 Å². The van der Waals surface area contributed by atoms with Crippen molar-refractivity contribution in [2.75, 3.05) is 11.1 Å². The van der Waals surface area contributed by atoms with Crippen LogP contribution in [0.5, 0.6) is 0 Å². The van der Waals surface area contributed by atoms with Crippen LogP contribution in [0.25, 0.3) is 10.7 Å². The molecule has 7 heteroatoms. The lowest BCUT2D eigenvalue weighted by Gasteiger charge is -2.30. The summed E-state index contributed by atoms with van der Waals surface area (Å²) in [4.78, 5) is 13.9. The minimum Gasteiger partial charge on any atom is -0.325 e. The second-order valence-electron chi connectivity index (χ2n) is 9.39. The normalized spacial score (nSPS) is 22.9. The first-order chi connectivity index (χ1) is 15.5. The largest absolute Gasteiger partial charge is 0.325 e. The molecular weight excluding hydrogens is 436 g/mol. The molecule has 2 saturated carbocycles. The Morgan fingerprint density at radius 3 is 2.84 bits per heavy atom. The van der Waals surface area contributed by atoms with Crippen LogP contribution in [0.2, 0.25) is 0 Å². The molecule has 1 amide bonds. The third-order valence-corrected chi connectivity index (χ3v) is 9.03. The Morgan fingerprint density at radius 2 is 2.12 bits per heavy atom. The van der Waals surface area contributed by atoms with Crippen LogP contribution in [0.1, 0.15) is 49.8 Å². The number of amides is 1. The maximum atomic E-state index is 12.7. The van der Waals surface area contributed by atoms with Gasteiger partial charge in [0, 0.05) is 11.7 Å². The number of aromatic nitrogens is 3. The third-order valence-electron chi connectivity index (χ3n) is 7.23. The summed E-state index contributed by atoms with van der Waals surface area (Å²) in [6.07, 6.45) is 5.45. The average molecular weight is 467 g/mol. The van der Waals surface area contributed by atoms with E-state index >= 15 is 0 Å². The summed E-state index contributed by atoms with van der Waals surface area (Å²) in [6.45, 7) is 6.38. The minimum atomic E-state index is -0.0106. The number of benzene rings is 1. The SMILES string of the molecule is Cc1ccc(C)c(NC(=O)CSc2nnc(-c3cccs3)n2[C@H](C)[C@@H]2C[C@@H]3CC[C@@H]2C3)c1. The molecule has 2 fully saturated rings. The van der Waals surface area contributed by atoms with Crippen LogP contribution in [0, 0.1) is 31.6 Å². The number of nitrogens with zero attached hydrogens (tertiary/aromatic N) is 3. The van der Waals surface area contributed by atoms with Gasteiger partial charge in [0.15, 0.2) is 11.0 Å². The molecule has 0 aliphatic heterocycles. The van der Waals surface area contributed by atoms with Crippen LogP contribution in [0.15, 0.2) is 40.9 Å². The first kappa shape index (κ1) is 21.7. The van der Waals surface area contributed by atoms with E-state index in [1.54, 1.807) is 11.3 Å². The average Bonchev–Trinajstić information content (AvgIpc) is 3.57. The predicted molar refractivity (Wildman–Crippen MR) is 132 cm³/mol. The molecule has 32 heavy (non-hydrogen) atoms. The van der Waals surface area contributed by atoms with Gasteiger partial charge in [0.2, 0.25) is 5.91 Å². The molecule has 0 unspecified atom stereocenters. The van der Waals surface area contributed by atoms with Gasteiger partial charge in [0.05, 0.1) is 10.6 Å².